The second-order valence-electron chi connectivity index (χ2n) is 17.3. The quantitative estimate of drug-likeness (QED) is 0.0220. The van der Waals surface area contributed by atoms with E-state index < -0.39 is 168 Å². The standard InChI is InChI=1S/C41H72N12O15S2/c1-21(55)32(51-28(59)17-44-36(65)25(20-54)50-30(61)19-53(8)39(68)34(41(5,6)70)47-22(2)56)37(66)45-18-29(60)52-33(40(3,4)69)38(67)46-16-27(58)48-23(12-13-31(62)63)15-26(57)49-24(35(64)43-7)11-9-10-14-42/h21,23-25,32-34,54-55,69-70H,9-20,42H2,1-8H3,(H,43,64)(H,44,65)(H,45,66)(H,46,67)(H,47,56)(H,48,58)(H,49,57)(H,50,61)(H,51,59)(H,52,60)(H,62,63)/t21?,23-,24?,25-,32?,33?,34?/m0/s1. The monoisotopic (exact) mass is 1040 g/mol. The number of aliphatic hydroxyl groups excluding tert-OH is 2. The fourth-order valence-electron chi connectivity index (χ4n) is 6.15. The number of carbonyl (C=O) groups is 12. The summed E-state index contributed by atoms with van der Waals surface area (Å²) in [6.07, 6.45) is -1.14. The van der Waals surface area contributed by atoms with Crippen molar-refractivity contribution < 1.29 is 72.9 Å². The summed E-state index contributed by atoms with van der Waals surface area (Å²) in [6, 6.07) is -7.78. The largest absolute Gasteiger partial charge is 0.481 e. The van der Waals surface area contributed by atoms with E-state index in [2.05, 4.69) is 78.4 Å². The summed E-state index contributed by atoms with van der Waals surface area (Å²) in [4.78, 5) is 152. The van der Waals surface area contributed by atoms with Gasteiger partial charge in [0.2, 0.25) is 65.0 Å². The van der Waals surface area contributed by atoms with Gasteiger partial charge in [-0.2, -0.15) is 25.3 Å². The molecule has 29 heteroatoms. The third-order valence-electron chi connectivity index (χ3n) is 9.87. The number of amides is 11. The second kappa shape index (κ2) is 31.4. The van der Waals surface area contributed by atoms with E-state index in [1.54, 1.807) is 13.8 Å². The average molecular weight is 1040 g/mol. The van der Waals surface area contributed by atoms with Crippen LogP contribution < -0.4 is 58.9 Å². The van der Waals surface area contributed by atoms with Crippen LogP contribution in [0.2, 0.25) is 0 Å². The van der Waals surface area contributed by atoms with E-state index >= 15 is 0 Å². The Hall–Kier alpha value is -5.78. The highest BCUT2D eigenvalue weighted by molar-refractivity contribution is 7.82. The number of rotatable bonds is 32. The maximum absolute atomic E-state index is 13.3. The Bertz CT molecular complexity index is 1860. The van der Waals surface area contributed by atoms with Crippen molar-refractivity contribution in [2.45, 2.75) is 132 Å². The van der Waals surface area contributed by atoms with Gasteiger partial charge in [-0.1, -0.05) is 0 Å². The van der Waals surface area contributed by atoms with Crippen LogP contribution in [0, 0.1) is 0 Å². The molecular weight excluding hydrogens is 965 g/mol. The number of unbranched alkanes of at least 4 members (excludes halogenated alkanes) is 1. The zero-order valence-electron chi connectivity index (χ0n) is 40.7. The lowest BCUT2D eigenvalue weighted by atomic mass is 10.0. The zero-order chi connectivity index (χ0) is 54.1. The molecule has 0 saturated heterocycles. The summed E-state index contributed by atoms with van der Waals surface area (Å²) in [6.45, 7) is 4.90. The SMILES string of the molecule is CNC(=O)C(CCCCN)NC(=O)C[C@H](CCC(=O)O)NC(=O)CNC(=O)C(NC(=O)CNC(=O)C(NC(=O)CNC(=O)[C@H](CO)NC(=O)CN(C)C(=O)C(NC(C)=O)C(C)(C)S)C(C)O)C(C)(C)S. The van der Waals surface area contributed by atoms with Crippen LogP contribution in [0.4, 0.5) is 0 Å². The third-order valence-corrected chi connectivity index (χ3v) is 10.4. The topological polar surface area (TPSA) is 415 Å². The number of thiol groups is 2. The smallest absolute Gasteiger partial charge is 0.303 e. The van der Waals surface area contributed by atoms with Crippen molar-refractivity contribution in [1.29, 1.82) is 0 Å². The van der Waals surface area contributed by atoms with Gasteiger partial charge in [0.15, 0.2) is 0 Å². The van der Waals surface area contributed by atoms with Crippen LogP contribution >= 0.6 is 25.3 Å². The van der Waals surface area contributed by atoms with E-state index in [0.717, 1.165) is 11.8 Å². The highest BCUT2D eigenvalue weighted by atomic mass is 32.1. The fourth-order valence-corrected chi connectivity index (χ4v) is 6.51. The maximum Gasteiger partial charge on any atom is 0.303 e. The molecular formula is C41H72N12O15S2. The van der Waals surface area contributed by atoms with Gasteiger partial charge in [0, 0.05) is 49.4 Å². The van der Waals surface area contributed by atoms with Gasteiger partial charge in [0.05, 0.1) is 38.9 Å². The Kier molecular flexibility index (Phi) is 28.9. The summed E-state index contributed by atoms with van der Waals surface area (Å²) in [5, 5.41) is 52.6. The van der Waals surface area contributed by atoms with E-state index in [-0.39, 0.29) is 12.8 Å². The third kappa shape index (κ3) is 25.7. The van der Waals surface area contributed by atoms with E-state index in [1.807, 2.05) is 0 Å². The van der Waals surface area contributed by atoms with Gasteiger partial charge in [-0.05, 0) is 66.8 Å². The van der Waals surface area contributed by atoms with Crippen LogP contribution in [0.15, 0.2) is 0 Å². The molecule has 398 valence electrons. The first kappa shape index (κ1) is 64.2. The Labute approximate surface area is 417 Å². The average Bonchev–Trinajstić information content (AvgIpc) is 3.25. The molecule has 0 aliphatic rings. The maximum atomic E-state index is 13.3. The molecule has 0 spiro atoms. The second-order valence-corrected chi connectivity index (χ2v) is 19.6. The minimum atomic E-state index is -1.69. The zero-order valence-corrected chi connectivity index (χ0v) is 42.5. The highest BCUT2D eigenvalue weighted by Gasteiger charge is 2.37. The number of hydrogen-bond acceptors (Lipinski definition) is 17. The molecule has 0 aromatic carbocycles. The van der Waals surface area contributed by atoms with E-state index in [4.69, 9.17) is 5.73 Å². The molecule has 0 bridgehead atoms. The molecule has 11 amide bonds. The number of nitrogens with zero attached hydrogens (tertiary/aromatic N) is 1. The van der Waals surface area contributed by atoms with Gasteiger partial charge in [0.25, 0.3) is 0 Å². The predicted molar refractivity (Wildman–Crippen MR) is 257 cm³/mol. The number of carboxylic acids is 1. The normalized spacial score (nSPS) is 14.2. The molecule has 7 atom stereocenters. The van der Waals surface area contributed by atoms with E-state index in [1.165, 1.54) is 34.9 Å². The molecule has 0 saturated carbocycles. The molecule has 0 radical (unpaired) electrons. The molecule has 15 N–H and O–H groups in total. The summed E-state index contributed by atoms with van der Waals surface area (Å²) in [7, 11) is 2.66. The molecule has 5 unspecified atom stereocenters. The molecule has 0 aromatic rings. The van der Waals surface area contributed by atoms with Crippen LogP contribution in [-0.2, 0) is 57.5 Å². The van der Waals surface area contributed by atoms with Crippen LogP contribution in [0.3, 0.4) is 0 Å². The number of carboxylic acid groups (broad SMARTS) is 1. The summed E-state index contributed by atoms with van der Waals surface area (Å²) in [5.74, 6) is -10.2. The van der Waals surface area contributed by atoms with Crippen molar-refractivity contribution in [3.05, 3.63) is 0 Å². The lowest BCUT2D eigenvalue weighted by Gasteiger charge is -2.32. The first-order chi connectivity index (χ1) is 32.4. The van der Waals surface area contributed by atoms with Crippen LogP contribution in [0.1, 0.15) is 80.1 Å². The van der Waals surface area contributed by atoms with Crippen molar-refractivity contribution >= 4 is 96.2 Å². The molecule has 0 aliphatic heterocycles. The molecule has 0 fully saturated rings. The lowest BCUT2D eigenvalue weighted by Crippen LogP contribution is -2.59. The summed E-state index contributed by atoms with van der Waals surface area (Å²) in [5.41, 5.74) is 5.52. The Morgan fingerprint density at radius 2 is 1.16 bits per heavy atom. The number of likely N-dealkylation sites (N-methyl/N-ethyl adjacent to an activating group) is 2. The number of carbonyl (C=O) groups excluding carboxylic acids is 11. The molecule has 0 aliphatic carbocycles. The Morgan fingerprint density at radius 1 is 0.643 bits per heavy atom. The number of nitrogens with one attached hydrogen (secondary N) is 10. The molecule has 70 heavy (non-hydrogen) atoms. The van der Waals surface area contributed by atoms with Gasteiger partial charge < -0.3 is 79.1 Å². The number of aliphatic hydroxyl groups is 2. The predicted octanol–water partition coefficient (Wildman–Crippen LogP) is -6.36. The molecule has 0 rings (SSSR count). The number of hydrogen-bond donors (Lipinski definition) is 16. The van der Waals surface area contributed by atoms with Gasteiger partial charge in [0.1, 0.15) is 30.2 Å². The van der Waals surface area contributed by atoms with Gasteiger partial charge in [-0.3, -0.25) is 57.5 Å². The summed E-state index contributed by atoms with van der Waals surface area (Å²) >= 11 is 8.71. The van der Waals surface area contributed by atoms with E-state index in [0.29, 0.717) is 19.4 Å². The fraction of sp³-hybridized carbons (Fsp3) is 0.707. The highest BCUT2D eigenvalue weighted by Crippen LogP contribution is 2.20. The minimum Gasteiger partial charge on any atom is -0.481 e. The van der Waals surface area contributed by atoms with Gasteiger partial charge in [-0.15, -0.1) is 0 Å². The summed E-state index contributed by atoms with van der Waals surface area (Å²) < 4.78 is -2.31. The molecule has 27 nitrogen and oxygen atoms in total. The Morgan fingerprint density at radius 3 is 1.64 bits per heavy atom. The van der Waals surface area contributed by atoms with Crippen molar-refractivity contribution in [2.75, 3.05) is 53.4 Å². The van der Waals surface area contributed by atoms with Crippen molar-refractivity contribution in [2.24, 2.45) is 5.73 Å². The number of aliphatic carboxylic acids is 1. The molecule has 0 heterocycles. The van der Waals surface area contributed by atoms with Crippen molar-refractivity contribution in [1.82, 2.24) is 58.1 Å². The first-order valence-corrected chi connectivity index (χ1v) is 23.0. The minimum absolute atomic E-state index is 0.178. The van der Waals surface area contributed by atoms with Crippen LogP contribution in [0.5, 0.6) is 0 Å². The number of nitrogens with two attached hydrogens (primary N) is 1. The lowest BCUT2D eigenvalue weighted by molar-refractivity contribution is -0.139. The van der Waals surface area contributed by atoms with Crippen LogP contribution in [0.25, 0.3) is 0 Å². The Balaban J connectivity index is 5.44. The van der Waals surface area contributed by atoms with Crippen molar-refractivity contribution in [3.8, 4) is 0 Å². The van der Waals surface area contributed by atoms with Crippen LogP contribution in [-0.4, -0.2) is 196 Å². The van der Waals surface area contributed by atoms with Gasteiger partial charge >= 0.3 is 5.97 Å². The molecule has 0 aromatic heterocycles. The van der Waals surface area contributed by atoms with E-state index in [9.17, 15) is 72.9 Å². The van der Waals surface area contributed by atoms with Gasteiger partial charge in [-0.25, -0.2) is 0 Å². The van der Waals surface area contributed by atoms with Crippen molar-refractivity contribution in [3.63, 3.8) is 0 Å². The first-order valence-electron chi connectivity index (χ1n) is 22.1.